The van der Waals surface area contributed by atoms with Crippen molar-refractivity contribution in [3.63, 3.8) is 0 Å². The molecule has 0 saturated heterocycles. The fourth-order valence-corrected chi connectivity index (χ4v) is 5.67. The lowest BCUT2D eigenvalue weighted by molar-refractivity contribution is -0.139. The number of sulfonamides is 1. The lowest BCUT2D eigenvalue weighted by atomic mass is 10.1. The second kappa shape index (κ2) is 13.1. The zero-order chi connectivity index (χ0) is 29.6. The van der Waals surface area contributed by atoms with Crippen LogP contribution < -0.4 is 9.62 Å². The number of halogens is 1. The van der Waals surface area contributed by atoms with Crippen molar-refractivity contribution in [2.75, 3.05) is 17.4 Å². The molecule has 0 aromatic heterocycles. The zero-order valence-corrected chi connectivity index (χ0v) is 24.8. The summed E-state index contributed by atoms with van der Waals surface area (Å²) in [5.41, 5.74) is 3.04. The molecule has 3 aromatic carbocycles. The van der Waals surface area contributed by atoms with Crippen LogP contribution in [0.1, 0.15) is 43.0 Å². The Morgan fingerprint density at radius 3 is 2.17 bits per heavy atom. The fourth-order valence-electron chi connectivity index (χ4n) is 4.20. The Balaban J connectivity index is 2.07. The first-order chi connectivity index (χ1) is 18.8. The maximum atomic E-state index is 14.7. The van der Waals surface area contributed by atoms with Crippen molar-refractivity contribution in [3.05, 3.63) is 94.8 Å². The van der Waals surface area contributed by atoms with Crippen LogP contribution in [0.25, 0.3) is 0 Å². The molecule has 40 heavy (non-hydrogen) atoms. The fraction of sp³-hybridized carbons (Fsp3) is 0.355. The van der Waals surface area contributed by atoms with Crippen LogP contribution in [-0.2, 0) is 26.2 Å². The summed E-state index contributed by atoms with van der Waals surface area (Å²) in [6.45, 7) is 10.6. The number of amides is 2. The first-order valence-electron chi connectivity index (χ1n) is 13.3. The lowest BCUT2D eigenvalue weighted by Crippen LogP contribution is -2.51. The predicted octanol–water partition coefficient (Wildman–Crippen LogP) is 5.14. The van der Waals surface area contributed by atoms with E-state index in [9.17, 15) is 22.4 Å². The van der Waals surface area contributed by atoms with Crippen LogP contribution in [0.15, 0.2) is 71.6 Å². The number of hydrogen-bond acceptors (Lipinski definition) is 4. The molecule has 1 atom stereocenters. The minimum Gasteiger partial charge on any atom is -0.354 e. The van der Waals surface area contributed by atoms with E-state index in [-0.39, 0.29) is 22.9 Å². The number of carbonyl (C=O) groups excluding carboxylic acids is 2. The molecule has 9 heteroatoms. The second-order valence-electron chi connectivity index (χ2n) is 10.5. The van der Waals surface area contributed by atoms with Crippen molar-refractivity contribution in [1.29, 1.82) is 0 Å². The summed E-state index contributed by atoms with van der Waals surface area (Å²) in [6, 6.07) is 16.7. The van der Waals surface area contributed by atoms with Crippen molar-refractivity contribution < 1.29 is 22.4 Å². The van der Waals surface area contributed by atoms with Crippen LogP contribution in [0.2, 0.25) is 0 Å². The highest BCUT2D eigenvalue weighted by Gasteiger charge is 2.33. The maximum absolute atomic E-state index is 14.7. The zero-order valence-electron chi connectivity index (χ0n) is 23.9. The van der Waals surface area contributed by atoms with Gasteiger partial charge in [0.05, 0.1) is 10.6 Å². The summed E-state index contributed by atoms with van der Waals surface area (Å²) in [5, 5.41) is 2.82. The first-order valence-corrected chi connectivity index (χ1v) is 14.7. The van der Waals surface area contributed by atoms with Crippen LogP contribution in [0.5, 0.6) is 0 Å². The molecular weight excluding hydrogens is 529 g/mol. The molecular formula is C31H38FN3O4S. The molecule has 1 N–H and O–H groups in total. The Labute approximate surface area is 237 Å². The molecule has 0 unspecified atom stereocenters. The van der Waals surface area contributed by atoms with Gasteiger partial charge in [0.2, 0.25) is 11.8 Å². The average Bonchev–Trinajstić information content (AvgIpc) is 2.91. The van der Waals surface area contributed by atoms with Gasteiger partial charge in [0.25, 0.3) is 10.0 Å². The van der Waals surface area contributed by atoms with E-state index in [0.29, 0.717) is 17.8 Å². The number of carbonyl (C=O) groups is 2. The molecule has 3 aromatic rings. The molecule has 0 saturated carbocycles. The van der Waals surface area contributed by atoms with Crippen LogP contribution >= 0.6 is 0 Å². The average molecular weight is 568 g/mol. The Morgan fingerprint density at radius 1 is 0.900 bits per heavy atom. The molecule has 0 bridgehead atoms. The smallest absolute Gasteiger partial charge is 0.264 e. The topological polar surface area (TPSA) is 86.8 Å². The molecule has 0 radical (unpaired) electrons. The van der Waals surface area contributed by atoms with Crippen molar-refractivity contribution >= 4 is 27.5 Å². The van der Waals surface area contributed by atoms with Crippen molar-refractivity contribution in [3.8, 4) is 0 Å². The van der Waals surface area contributed by atoms with E-state index >= 15 is 0 Å². The monoisotopic (exact) mass is 567 g/mol. The molecule has 0 aliphatic carbocycles. The Kier molecular flexibility index (Phi) is 10.1. The maximum Gasteiger partial charge on any atom is 0.264 e. The van der Waals surface area contributed by atoms with Crippen molar-refractivity contribution in [2.45, 2.75) is 59.0 Å². The van der Waals surface area contributed by atoms with Crippen molar-refractivity contribution in [2.24, 2.45) is 5.92 Å². The number of anilines is 1. The highest BCUT2D eigenvalue weighted by molar-refractivity contribution is 7.92. The molecule has 0 aliphatic rings. The van der Waals surface area contributed by atoms with Gasteiger partial charge < -0.3 is 10.2 Å². The van der Waals surface area contributed by atoms with Gasteiger partial charge in [0.1, 0.15) is 18.4 Å². The lowest BCUT2D eigenvalue weighted by Gasteiger charge is -2.32. The third-order valence-corrected chi connectivity index (χ3v) is 8.66. The standard InChI is InChI=1S/C31H38FN3O4S/c1-21(2)18-33-31(37)25(6)34(19-26-11-7-8-12-28(26)32)30(36)20-35(29-13-9-10-23(4)24(29)5)40(38,39)27-16-14-22(3)15-17-27/h7-17,21,25H,18-20H2,1-6H3,(H,33,37)/t25-/m0/s1. The van der Waals surface area contributed by atoms with E-state index in [0.717, 1.165) is 15.4 Å². The third kappa shape index (κ3) is 7.27. The van der Waals surface area contributed by atoms with Gasteiger partial charge in [0, 0.05) is 18.7 Å². The number of nitrogens with zero attached hydrogens (tertiary/aromatic N) is 2. The number of aryl methyl sites for hydroxylation is 2. The highest BCUT2D eigenvalue weighted by Crippen LogP contribution is 2.29. The summed E-state index contributed by atoms with van der Waals surface area (Å²) in [4.78, 5) is 28.3. The molecule has 0 aliphatic heterocycles. The minimum absolute atomic E-state index is 0.0372. The summed E-state index contributed by atoms with van der Waals surface area (Å²) in [5.74, 6) is -1.37. The second-order valence-corrected chi connectivity index (χ2v) is 12.3. The number of nitrogens with one attached hydrogen (secondary N) is 1. The Hall–Kier alpha value is -3.72. The molecule has 0 spiro atoms. The Morgan fingerprint density at radius 2 is 1.55 bits per heavy atom. The highest BCUT2D eigenvalue weighted by atomic mass is 32.2. The number of benzene rings is 3. The van der Waals surface area contributed by atoms with Crippen LogP contribution in [0.4, 0.5) is 10.1 Å². The first kappa shape index (κ1) is 30.8. The van der Waals surface area contributed by atoms with E-state index in [4.69, 9.17) is 0 Å². The summed E-state index contributed by atoms with van der Waals surface area (Å²) >= 11 is 0. The van der Waals surface area contributed by atoms with Gasteiger partial charge in [-0.1, -0.05) is 61.9 Å². The van der Waals surface area contributed by atoms with E-state index in [1.807, 2.05) is 33.8 Å². The molecule has 3 rings (SSSR count). The van der Waals surface area contributed by atoms with Crippen LogP contribution in [0, 0.1) is 32.5 Å². The van der Waals surface area contributed by atoms with E-state index in [1.54, 1.807) is 56.3 Å². The number of hydrogen-bond donors (Lipinski definition) is 1. The molecule has 214 valence electrons. The quantitative estimate of drug-likeness (QED) is 0.348. The SMILES string of the molecule is Cc1ccc(S(=O)(=O)N(CC(=O)N(Cc2ccccc2F)[C@@H](C)C(=O)NCC(C)C)c2cccc(C)c2C)cc1. The predicted molar refractivity (Wildman–Crippen MR) is 156 cm³/mol. The van der Waals surface area contributed by atoms with Gasteiger partial charge in [-0.3, -0.25) is 13.9 Å². The summed E-state index contributed by atoms with van der Waals surface area (Å²) in [6.07, 6.45) is 0. The van der Waals surface area contributed by atoms with Crippen molar-refractivity contribution in [1.82, 2.24) is 10.2 Å². The van der Waals surface area contributed by atoms with Crippen LogP contribution in [0.3, 0.4) is 0 Å². The molecule has 7 nitrogen and oxygen atoms in total. The number of rotatable bonds is 11. The van der Waals surface area contributed by atoms with Gasteiger partial charge >= 0.3 is 0 Å². The van der Waals surface area contributed by atoms with Gasteiger partial charge in [-0.15, -0.1) is 0 Å². The van der Waals surface area contributed by atoms with E-state index in [2.05, 4.69) is 5.32 Å². The van der Waals surface area contributed by atoms with E-state index < -0.39 is 40.2 Å². The summed E-state index contributed by atoms with van der Waals surface area (Å²) in [7, 11) is -4.18. The van der Waals surface area contributed by atoms with Gasteiger partial charge in [-0.05, 0) is 69.0 Å². The van der Waals surface area contributed by atoms with Gasteiger partial charge in [-0.2, -0.15) is 0 Å². The minimum atomic E-state index is -4.18. The van der Waals surface area contributed by atoms with E-state index in [1.165, 1.54) is 23.1 Å². The molecule has 0 heterocycles. The normalized spacial score (nSPS) is 12.2. The van der Waals surface area contributed by atoms with Gasteiger partial charge in [-0.25, -0.2) is 12.8 Å². The van der Waals surface area contributed by atoms with Gasteiger partial charge in [0.15, 0.2) is 0 Å². The largest absolute Gasteiger partial charge is 0.354 e. The third-order valence-electron chi connectivity index (χ3n) is 6.88. The molecule has 0 fully saturated rings. The summed E-state index contributed by atoms with van der Waals surface area (Å²) < 4.78 is 43.7. The Bertz CT molecular complexity index is 1460. The molecule has 2 amide bonds. The van der Waals surface area contributed by atoms with Crippen LogP contribution in [-0.4, -0.2) is 44.3 Å².